The van der Waals surface area contributed by atoms with Gasteiger partial charge in [-0.25, -0.2) is 8.78 Å². The zero-order valence-electron chi connectivity index (χ0n) is 7.13. The van der Waals surface area contributed by atoms with Gasteiger partial charge < -0.3 is 5.73 Å². The minimum absolute atomic E-state index is 0.140. The van der Waals surface area contributed by atoms with Gasteiger partial charge in [-0.15, -0.1) is 0 Å². The Morgan fingerprint density at radius 2 is 2.15 bits per heavy atom. The third-order valence-electron chi connectivity index (χ3n) is 2.61. The van der Waals surface area contributed by atoms with Crippen LogP contribution in [0.3, 0.4) is 0 Å². The van der Waals surface area contributed by atoms with Gasteiger partial charge in [0, 0.05) is 0 Å². The minimum Gasteiger partial charge on any atom is -0.330 e. The fraction of sp³-hybridized carbons (Fsp3) is 0.400. The molecule has 1 saturated carbocycles. The van der Waals surface area contributed by atoms with Gasteiger partial charge in [0.1, 0.15) is 0 Å². The molecule has 1 nitrogen and oxygen atoms in total. The first-order chi connectivity index (χ1) is 6.24. The third-order valence-corrected chi connectivity index (χ3v) is 2.61. The zero-order valence-corrected chi connectivity index (χ0v) is 7.13. The first kappa shape index (κ1) is 8.63. The molecular weight excluding hydrogens is 172 g/mol. The largest absolute Gasteiger partial charge is 0.330 e. The Morgan fingerprint density at radius 3 is 2.77 bits per heavy atom. The fourth-order valence-corrected chi connectivity index (χ4v) is 1.70. The Balaban J connectivity index is 2.27. The van der Waals surface area contributed by atoms with Crippen LogP contribution >= 0.6 is 0 Å². The number of halogens is 2. The van der Waals surface area contributed by atoms with Crippen molar-refractivity contribution in [1.29, 1.82) is 0 Å². The van der Waals surface area contributed by atoms with Crippen molar-refractivity contribution in [3.63, 3.8) is 0 Å². The highest BCUT2D eigenvalue weighted by molar-refractivity contribution is 5.28. The van der Waals surface area contributed by atoms with E-state index in [1.54, 1.807) is 12.1 Å². The van der Waals surface area contributed by atoms with Gasteiger partial charge in [-0.2, -0.15) is 0 Å². The second-order valence-electron chi connectivity index (χ2n) is 3.48. The van der Waals surface area contributed by atoms with Crippen molar-refractivity contribution >= 4 is 0 Å². The van der Waals surface area contributed by atoms with Gasteiger partial charge in [0.2, 0.25) is 0 Å². The van der Waals surface area contributed by atoms with Crippen LogP contribution in [0, 0.1) is 17.6 Å². The molecule has 0 bridgehead atoms. The lowest BCUT2D eigenvalue weighted by Gasteiger charge is -2.01. The van der Waals surface area contributed by atoms with Crippen LogP contribution < -0.4 is 5.73 Å². The van der Waals surface area contributed by atoms with Crippen LogP contribution in [0.15, 0.2) is 18.2 Å². The van der Waals surface area contributed by atoms with Crippen LogP contribution in [0.5, 0.6) is 0 Å². The molecule has 2 rings (SSSR count). The first-order valence-electron chi connectivity index (χ1n) is 4.38. The molecule has 2 N–H and O–H groups in total. The second kappa shape index (κ2) is 3.07. The van der Waals surface area contributed by atoms with Crippen molar-refractivity contribution in [1.82, 2.24) is 0 Å². The third kappa shape index (κ3) is 1.44. The van der Waals surface area contributed by atoms with Crippen molar-refractivity contribution in [2.24, 2.45) is 11.7 Å². The van der Waals surface area contributed by atoms with Gasteiger partial charge in [0.15, 0.2) is 11.6 Å². The number of hydrogen-bond acceptors (Lipinski definition) is 1. The molecule has 0 heterocycles. The van der Waals surface area contributed by atoms with Crippen LogP contribution in [0.4, 0.5) is 8.78 Å². The Labute approximate surface area is 75.6 Å². The van der Waals surface area contributed by atoms with Crippen LogP contribution in [-0.4, -0.2) is 6.54 Å². The normalized spacial score (nSPS) is 26.1. The van der Waals surface area contributed by atoms with Gasteiger partial charge in [-0.3, -0.25) is 0 Å². The molecule has 0 amide bonds. The summed E-state index contributed by atoms with van der Waals surface area (Å²) < 4.78 is 26.0. The first-order valence-corrected chi connectivity index (χ1v) is 4.38. The highest BCUT2D eigenvalue weighted by atomic mass is 19.2. The van der Waals surface area contributed by atoms with E-state index >= 15 is 0 Å². The van der Waals surface area contributed by atoms with Crippen molar-refractivity contribution in [3.05, 3.63) is 35.4 Å². The molecule has 1 aliphatic carbocycles. The molecule has 13 heavy (non-hydrogen) atoms. The van der Waals surface area contributed by atoms with Gasteiger partial charge >= 0.3 is 0 Å². The summed E-state index contributed by atoms with van der Waals surface area (Å²) in [5.74, 6) is -0.986. The SMILES string of the molecule is NCC1CC1c1cccc(F)c1F. The highest BCUT2D eigenvalue weighted by Gasteiger charge is 2.38. The molecule has 70 valence electrons. The summed E-state index contributed by atoms with van der Waals surface area (Å²) in [6, 6.07) is 4.32. The zero-order chi connectivity index (χ0) is 9.42. The Hall–Kier alpha value is -0.960. The summed E-state index contributed by atoms with van der Waals surface area (Å²) in [5, 5.41) is 0. The number of rotatable bonds is 2. The molecule has 2 unspecified atom stereocenters. The molecule has 0 saturated heterocycles. The standard InChI is InChI=1S/C10H11F2N/c11-9-3-1-2-7(10(9)12)8-4-6(8)5-13/h1-3,6,8H,4-5,13H2. The quantitative estimate of drug-likeness (QED) is 0.745. The smallest absolute Gasteiger partial charge is 0.162 e. The summed E-state index contributed by atoms with van der Waals surface area (Å²) >= 11 is 0. The number of nitrogens with two attached hydrogens (primary N) is 1. The molecule has 1 fully saturated rings. The summed E-state index contributed by atoms with van der Waals surface area (Å²) in [4.78, 5) is 0. The van der Waals surface area contributed by atoms with Crippen LogP contribution in [-0.2, 0) is 0 Å². The van der Waals surface area contributed by atoms with E-state index in [0.717, 1.165) is 12.5 Å². The molecule has 0 radical (unpaired) electrons. The number of hydrogen-bond donors (Lipinski definition) is 1. The van der Waals surface area contributed by atoms with Gasteiger partial charge in [-0.1, -0.05) is 12.1 Å². The molecule has 1 aromatic carbocycles. The lowest BCUT2D eigenvalue weighted by Crippen LogP contribution is -2.03. The average Bonchev–Trinajstić information content (AvgIpc) is 2.89. The highest BCUT2D eigenvalue weighted by Crippen LogP contribution is 2.47. The van der Waals surface area contributed by atoms with E-state index in [1.165, 1.54) is 0 Å². The summed E-state index contributed by atoms with van der Waals surface area (Å²) in [7, 11) is 0. The molecule has 1 aromatic rings. The average molecular weight is 183 g/mol. The topological polar surface area (TPSA) is 26.0 Å². The summed E-state index contributed by atoms with van der Waals surface area (Å²) in [5.41, 5.74) is 5.92. The van der Waals surface area contributed by atoms with Crippen molar-refractivity contribution in [3.8, 4) is 0 Å². The molecule has 1 aliphatic rings. The molecule has 0 spiro atoms. The Morgan fingerprint density at radius 1 is 1.38 bits per heavy atom. The molecule has 0 aliphatic heterocycles. The minimum atomic E-state index is -0.764. The Bertz CT molecular complexity index is 325. The lowest BCUT2D eigenvalue weighted by molar-refractivity contribution is 0.497. The van der Waals surface area contributed by atoms with E-state index < -0.39 is 11.6 Å². The molecule has 3 heteroatoms. The second-order valence-corrected chi connectivity index (χ2v) is 3.48. The van der Waals surface area contributed by atoms with Crippen molar-refractivity contribution in [2.45, 2.75) is 12.3 Å². The summed E-state index contributed by atoms with van der Waals surface area (Å²) in [6.45, 7) is 0.556. The summed E-state index contributed by atoms with van der Waals surface area (Å²) in [6.07, 6.45) is 0.886. The molecule has 0 aromatic heterocycles. The van der Waals surface area contributed by atoms with Crippen molar-refractivity contribution in [2.75, 3.05) is 6.54 Å². The maximum Gasteiger partial charge on any atom is 0.162 e. The van der Waals surface area contributed by atoms with E-state index in [-0.39, 0.29) is 5.92 Å². The van der Waals surface area contributed by atoms with Gasteiger partial charge in [0.25, 0.3) is 0 Å². The van der Waals surface area contributed by atoms with E-state index in [0.29, 0.717) is 18.0 Å². The lowest BCUT2D eigenvalue weighted by atomic mass is 10.1. The van der Waals surface area contributed by atoms with Crippen LogP contribution in [0.25, 0.3) is 0 Å². The predicted octanol–water partition coefficient (Wildman–Crippen LogP) is 2.03. The Kier molecular flexibility index (Phi) is 2.04. The number of benzene rings is 1. The fourth-order valence-electron chi connectivity index (χ4n) is 1.70. The molecular formula is C10H11F2N. The van der Waals surface area contributed by atoms with Crippen molar-refractivity contribution < 1.29 is 8.78 Å². The predicted molar refractivity (Wildman–Crippen MR) is 46.3 cm³/mol. The van der Waals surface area contributed by atoms with E-state index in [9.17, 15) is 8.78 Å². The van der Waals surface area contributed by atoms with E-state index in [2.05, 4.69) is 0 Å². The van der Waals surface area contributed by atoms with Gasteiger partial charge in [-0.05, 0) is 36.4 Å². The maximum atomic E-state index is 13.2. The monoisotopic (exact) mass is 183 g/mol. The van der Waals surface area contributed by atoms with E-state index in [1.807, 2.05) is 0 Å². The van der Waals surface area contributed by atoms with Crippen LogP contribution in [0.2, 0.25) is 0 Å². The van der Waals surface area contributed by atoms with Gasteiger partial charge in [0.05, 0.1) is 0 Å². The van der Waals surface area contributed by atoms with E-state index in [4.69, 9.17) is 5.73 Å². The maximum absolute atomic E-state index is 13.2. The molecule has 2 atom stereocenters. The van der Waals surface area contributed by atoms with Crippen LogP contribution in [0.1, 0.15) is 17.9 Å².